The fourth-order valence-corrected chi connectivity index (χ4v) is 4.34. The number of nitrogens with two attached hydrogens (primary N) is 1. The molecule has 0 aliphatic carbocycles. The minimum Gasteiger partial charge on any atom is -0.489 e. The topological polar surface area (TPSA) is 80.5 Å². The van der Waals surface area contributed by atoms with Crippen LogP contribution in [0.15, 0.2) is 53.9 Å². The van der Waals surface area contributed by atoms with Gasteiger partial charge in [-0.15, -0.1) is 11.3 Å². The molecular weight excluding hydrogens is 420 g/mol. The second-order valence-electron chi connectivity index (χ2n) is 8.22. The van der Waals surface area contributed by atoms with Gasteiger partial charge in [-0.3, -0.25) is 4.79 Å². The van der Waals surface area contributed by atoms with Crippen LogP contribution in [0.2, 0.25) is 0 Å². The Morgan fingerprint density at radius 3 is 2.59 bits per heavy atom. The predicted molar refractivity (Wildman–Crippen MR) is 132 cm³/mol. The molecule has 4 rings (SSSR count). The van der Waals surface area contributed by atoms with Gasteiger partial charge in [-0.05, 0) is 56.7 Å². The minimum absolute atomic E-state index is 0.0000248. The lowest BCUT2D eigenvalue weighted by Gasteiger charge is -2.22. The lowest BCUT2D eigenvalue weighted by molar-refractivity contribution is 0.100. The van der Waals surface area contributed by atoms with Crippen molar-refractivity contribution in [2.75, 3.05) is 25.5 Å². The van der Waals surface area contributed by atoms with Gasteiger partial charge in [0.1, 0.15) is 5.75 Å². The highest BCUT2D eigenvalue weighted by molar-refractivity contribution is 7.14. The third-order valence-electron chi connectivity index (χ3n) is 5.34. The van der Waals surface area contributed by atoms with Crippen molar-refractivity contribution in [2.45, 2.75) is 26.4 Å². The molecule has 3 N–H and O–H groups in total. The van der Waals surface area contributed by atoms with Crippen LogP contribution in [-0.2, 0) is 0 Å². The highest BCUT2D eigenvalue weighted by atomic mass is 32.1. The van der Waals surface area contributed by atoms with Crippen molar-refractivity contribution in [3.8, 4) is 17.0 Å². The van der Waals surface area contributed by atoms with E-state index in [0.29, 0.717) is 17.0 Å². The van der Waals surface area contributed by atoms with Crippen molar-refractivity contribution < 1.29 is 9.53 Å². The zero-order valence-electron chi connectivity index (χ0n) is 18.6. The molecule has 0 saturated carbocycles. The van der Waals surface area contributed by atoms with Gasteiger partial charge in [0, 0.05) is 29.6 Å². The van der Waals surface area contributed by atoms with Crippen LogP contribution in [0.4, 0.5) is 10.8 Å². The third kappa shape index (κ3) is 5.18. The van der Waals surface area contributed by atoms with Gasteiger partial charge in [-0.25, -0.2) is 4.98 Å². The zero-order chi connectivity index (χ0) is 22.7. The first-order valence-electron chi connectivity index (χ1n) is 10.7. The Morgan fingerprint density at radius 2 is 1.94 bits per heavy atom. The Balaban J connectivity index is 1.53. The van der Waals surface area contributed by atoms with Crippen LogP contribution >= 0.6 is 11.3 Å². The molecule has 1 amide bonds. The van der Waals surface area contributed by atoms with Crippen molar-refractivity contribution >= 4 is 33.6 Å². The first-order chi connectivity index (χ1) is 15.4. The molecule has 0 spiro atoms. The number of aromatic nitrogens is 1. The molecule has 0 unspecified atom stereocenters. The van der Waals surface area contributed by atoms with Crippen molar-refractivity contribution in [1.29, 1.82) is 0 Å². The number of rotatable bonds is 7. The average Bonchev–Trinajstić information content (AvgIpc) is 3.24. The maximum atomic E-state index is 11.6. The van der Waals surface area contributed by atoms with Crippen molar-refractivity contribution in [3.63, 3.8) is 0 Å². The molecular formula is C25H28N4O2S. The third-order valence-corrected chi connectivity index (χ3v) is 6.09. The van der Waals surface area contributed by atoms with Crippen molar-refractivity contribution in [3.05, 3.63) is 65.0 Å². The Kier molecular flexibility index (Phi) is 6.58. The van der Waals surface area contributed by atoms with Crippen LogP contribution in [0.3, 0.4) is 0 Å². The lowest BCUT2D eigenvalue weighted by Crippen LogP contribution is -2.23. The number of nitrogens with zero attached hydrogens (tertiary/aromatic N) is 2. The second-order valence-corrected chi connectivity index (χ2v) is 9.08. The number of anilines is 2. The summed E-state index contributed by atoms with van der Waals surface area (Å²) in [7, 11) is 2.15. The van der Waals surface area contributed by atoms with Crippen LogP contribution in [0.5, 0.6) is 5.75 Å². The molecule has 1 aliphatic heterocycles. The van der Waals surface area contributed by atoms with Gasteiger partial charge in [0.05, 0.1) is 17.5 Å². The number of amides is 1. The Labute approximate surface area is 192 Å². The molecule has 2 aromatic carbocycles. The molecule has 0 saturated heterocycles. The quantitative estimate of drug-likeness (QED) is 0.522. The highest BCUT2D eigenvalue weighted by Crippen LogP contribution is 2.33. The fraction of sp³-hybridized carbons (Fsp3) is 0.280. The van der Waals surface area contributed by atoms with Gasteiger partial charge in [-0.2, -0.15) is 0 Å². The van der Waals surface area contributed by atoms with Gasteiger partial charge in [0.15, 0.2) is 5.13 Å². The molecule has 3 aromatic rings. The molecule has 2 heterocycles. The zero-order valence-corrected chi connectivity index (χ0v) is 19.4. The van der Waals surface area contributed by atoms with E-state index in [-0.39, 0.29) is 6.10 Å². The summed E-state index contributed by atoms with van der Waals surface area (Å²) in [5.74, 6) is 0.168. The van der Waals surface area contributed by atoms with Crippen molar-refractivity contribution in [2.24, 2.45) is 5.73 Å². The number of hydrogen-bond donors (Lipinski definition) is 2. The smallest absolute Gasteiger partial charge is 0.248 e. The normalized spacial score (nSPS) is 14.3. The Hall–Kier alpha value is -3.16. The number of hydrogen-bond acceptors (Lipinski definition) is 6. The van der Waals surface area contributed by atoms with E-state index in [1.807, 2.05) is 19.2 Å². The Bertz CT molecular complexity index is 1140. The van der Waals surface area contributed by atoms with Crippen LogP contribution in [-0.4, -0.2) is 42.0 Å². The summed E-state index contributed by atoms with van der Waals surface area (Å²) in [6.45, 7) is 6.00. The number of primary amides is 1. The molecule has 1 aromatic heterocycles. The number of ether oxygens (including phenoxy) is 1. The largest absolute Gasteiger partial charge is 0.489 e. The van der Waals surface area contributed by atoms with E-state index in [4.69, 9.17) is 15.5 Å². The summed E-state index contributed by atoms with van der Waals surface area (Å²) < 4.78 is 5.88. The molecule has 7 heteroatoms. The maximum Gasteiger partial charge on any atom is 0.248 e. The van der Waals surface area contributed by atoms with E-state index in [1.54, 1.807) is 18.2 Å². The average molecular weight is 449 g/mol. The highest BCUT2D eigenvalue weighted by Gasteiger charge is 2.13. The molecule has 0 fully saturated rings. The first-order valence-corrected chi connectivity index (χ1v) is 11.6. The van der Waals surface area contributed by atoms with E-state index in [0.717, 1.165) is 35.9 Å². The van der Waals surface area contributed by atoms with E-state index in [1.165, 1.54) is 22.5 Å². The van der Waals surface area contributed by atoms with E-state index in [9.17, 15) is 4.79 Å². The maximum absolute atomic E-state index is 11.6. The molecule has 6 nitrogen and oxygen atoms in total. The molecule has 32 heavy (non-hydrogen) atoms. The van der Waals surface area contributed by atoms with E-state index < -0.39 is 5.91 Å². The molecule has 0 radical (unpaired) electrons. The van der Waals surface area contributed by atoms with E-state index in [2.05, 4.69) is 47.6 Å². The number of nitrogens with one attached hydrogen (secondary N) is 1. The summed E-state index contributed by atoms with van der Waals surface area (Å²) in [5, 5.41) is 6.03. The van der Waals surface area contributed by atoms with Crippen LogP contribution in [0.1, 0.15) is 36.2 Å². The van der Waals surface area contributed by atoms with Gasteiger partial charge in [-0.1, -0.05) is 30.3 Å². The minimum atomic E-state index is -0.483. The number of benzene rings is 2. The lowest BCUT2D eigenvalue weighted by atomic mass is 9.98. The summed E-state index contributed by atoms with van der Waals surface area (Å²) in [6, 6.07) is 13.7. The number of thiazole rings is 1. The molecule has 1 aliphatic rings. The van der Waals surface area contributed by atoms with E-state index >= 15 is 0 Å². The van der Waals surface area contributed by atoms with Gasteiger partial charge in [0.2, 0.25) is 5.91 Å². The summed E-state index contributed by atoms with van der Waals surface area (Å²) in [5.41, 5.74) is 11.2. The van der Waals surface area contributed by atoms with Gasteiger partial charge in [0.25, 0.3) is 0 Å². The fourth-order valence-electron chi connectivity index (χ4n) is 3.60. The molecule has 0 bridgehead atoms. The molecule has 166 valence electrons. The number of likely N-dealkylation sites (N-methyl/N-ethyl adjacent to an activating group) is 1. The second kappa shape index (κ2) is 9.54. The van der Waals surface area contributed by atoms with Crippen LogP contribution in [0.25, 0.3) is 16.8 Å². The Morgan fingerprint density at radius 1 is 1.19 bits per heavy atom. The summed E-state index contributed by atoms with van der Waals surface area (Å²) in [6.07, 6.45) is 3.38. The van der Waals surface area contributed by atoms with Crippen molar-refractivity contribution in [1.82, 2.24) is 9.88 Å². The number of carbonyl (C=O) groups is 1. The molecule has 0 atom stereocenters. The standard InChI is InChI=1S/C25H28N4O2S/c1-16(2)31-23-9-8-20(24(26)30)14-21(23)27-25-28-22(15-32-25)19-6-4-17(5-7-19)18-10-12-29(3)13-11-18/h4-10,14-16H,11-13H2,1-3H3,(H2,26,30)(H,27,28). The van der Waals surface area contributed by atoms with Gasteiger partial charge < -0.3 is 20.7 Å². The summed E-state index contributed by atoms with van der Waals surface area (Å²) in [4.78, 5) is 18.7. The first kappa shape index (κ1) is 22.0. The predicted octanol–water partition coefficient (Wildman–Crippen LogP) is 5.16. The van der Waals surface area contributed by atoms with Crippen LogP contribution in [0, 0.1) is 0 Å². The SMILES string of the molecule is CC(C)Oc1ccc(C(N)=O)cc1Nc1nc(-c2ccc(C3=CCN(C)CC3)cc2)cs1. The van der Waals surface area contributed by atoms with Crippen LogP contribution < -0.4 is 15.8 Å². The summed E-state index contributed by atoms with van der Waals surface area (Å²) >= 11 is 1.50. The monoisotopic (exact) mass is 448 g/mol. The van der Waals surface area contributed by atoms with Gasteiger partial charge >= 0.3 is 0 Å². The number of carbonyl (C=O) groups excluding carboxylic acids is 1.